The molecule has 1 atom stereocenters. The van der Waals surface area contributed by atoms with Gasteiger partial charge >= 0.3 is 0 Å². The van der Waals surface area contributed by atoms with E-state index in [2.05, 4.69) is 30.4 Å². The number of phenols is 1. The fourth-order valence-electron chi connectivity index (χ4n) is 2.84. The first-order chi connectivity index (χ1) is 10.2. The Morgan fingerprint density at radius 3 is 3.00 bits per heavy atom. The van der Waals surface area contributed by atoms with Crippen molar-refractivity contribution in [1.82, 2.24) is 5.32 Å². The fraction of sp³-hybridized carbons (Fsp3) is 0.333. The lowest BCUT2D eigenvalue weighted by Crippen LogP contribution is -2.18. The van der Waals surface area contributed by atoms with Crippen LogP contribution in [-0.2, 0) is 13.0 Å². The first-order valence-corrected chi connectivity index (χ1v) is 7.46. The Bertz CT molecular complexity index is 624. The van der Waals surface area contributed by atoms with Gasteiger partial charge in [-0.3, -0.25) is 0 Å². The monoisotopic (exact) mass is 283 g/mol. The van der Waals surface area contributed by atoms with E-state index in [0.717, 1.165) is 19.5 Å². The zero-order chi connectivity index (χ0) is 14.7. The van der Waals surface area contributed by atoms with Crippen LogP contribution in [0.25, 0.3) is 0 Å². The van der Waals surface area contributed by atoms with Crippen LogP contribution in [0.3, 0.4) is 0 Å². The minimum atomic E-state index is 0.231. The number of rotatable bonds is 3. The second kappa shape index (κ2) is 6.19. The van der Waals surface area contributed by atoms with Crippen molar-refractivity contribution < 1.29 is 9.84 Å². The van der Waals surface area contributed by atoms with Gasteiger partial charge in [0.1, 0.15) is 18.1 Å². The third-order valence-corrected chi connectivity index (χ3v) is 3.98. The van der Waals surface area contributed by atoms with Gasteiger partial charge in [0.25, 0.3) is 0 Å². The third-order valence-electron chi connectivity index (χ3n) is 3.98. The summed E-state index contributed by atoms with van der Waals surface area (Å²) in [5.41, 5.74) is 4.04. The molecule has 1 aliphatic heterocycles. The van der Waals surface area contributed by atoms with Crippen molar-refractivity contribution >= 4 is 0 Å². The summed E-state index contributed by atoms with van der Waals surface area (Å²) in [5, 5.41) is 12.9. The van der Waals surface area contributed by atoms with Gasteiger partial charge in [0.15, 0.2) is 0 Å². The lowest BCUT2D eigenvalue weighted by molar-refractivity contribution is 0.304. The maximum Gasteiger partial charge on any atom is 0.123 e. The van der Waals surface area contributed by atoms with Crippen molar-refractivity contribution in [3.63, 3.8) is 0 Å². The van der Waals surface area contributed by atoms with Gasteiger partial charge in [-0.2, -0.15) is 0 Å². The summed E-state index contributed by atoms with van der Waals surface area (Å²) in [6.45, 7) is 4.87. The van der Waals surface area contributed by atoms with Crippen molar-refractivity contribution in [3.8, 4) is 11.5 Å². The van der Waals surface area contributed by atoms with Gasteiger partial charge in [-0.25, -0.2) is 0 Å². The Kier molecular flexibility index (Phi) is 4.11. The molecule has 1 unspecified atom stereocenters. The van der Waals surface area contributed by atoms with E-state index in [4.69, 9.17) is 4.74 Å². The van der Waals surface area contributed by atoms with Gasteiger partial charge in [0.2, 0.25) is 0 Å². The van der Waals surface area contributed by atoms with Crippen LogP contribution in [0.15, 0.2) is 42.5 Å². The summed E-state index contributed by atoms with van der Waals surface area (Å²) in [5.74, 6) is 1.48. The molecule has 0 aromatic heterocycles. The molecule has 0 spiro atoms. The summed E-state index contributed by atoms with van der Waals surface area (Å²) in [7, 11) is 0. The van der Waals surface area contributed by atoms with Crippen molar-refractivity contribution in [2.75, 3.05) is 13.1 Å². The Labute approximate surface area is 125 Å². The quantitative estimate of drug-likeness (QED) is 0.909. The van der Waals surface area contributed by atoms with Crippen LogP contribution in [0.2, 0.25) is 0 Å². The molecule has 2 N–H and O–H groups in total. The molecule has 0 saturated carbocycles. The van der Waals surface area contributed by atoms with E-state index in [0.29, 0.717) is 18.3 Å². The van der Waals surface area contributed by atoms with E-state index in [1.165, 1.54) is 16.7 Å². The molecule has 3 heteroatoms. The molecular weight excluding hydrogens is 262 g/mol. The minimum Gasteiger partial charge on any atom is -0.508 e. The number of hydrogen-bond acceptors (Lipinski definition) is 3. The normalized spacial score (nSPS) is 17.9. The van der Waals surface area contributed by atoms with Crippen molar-refractivity contribution in [1.29, 1.82) is 0 Å². The number of fused-ring (bicyclic) bond motifs is 1. The van der Waals surface area contributed by atoms with Crippen molar-refractivity contribution in [2.24, 2.45) is 0 Å². The summed E-state index contributed by atoms with van der Waals surface area (Å²) in [4.78, 5) is 0. The summed E-state index contributed by atoms with van der Waals surface area (Å²) >= 11 is 0. The van der Waals surface area contributed by atoms with E-state index >= 15 is 0 Å². The molecule has 1 aliphatic rings. The van der Waals surface area contributed by atoms with Crippen LogP contribution < -0.4 is 10.1 Å². The Hall–Kier alpha value is -2.00. The van der Waals surface area contributed by atoms with Crippen LogP contribution in [0, 0.1) is 0 Å². The second-order valence-electron chi connectivity index (χ2n) is 5.67. The highest BCUT2D eigenvalue weighted by atomic mass is 16.5. The molecule has 21 heavy (non-hydrogen) atoms. The van der Waals surface area contributed by atoms with Gasteiger partial charge < -0.3 is 15.2 Å². The highest BCUT2D eigenvalue weighted by molar-refractivity contribution is 5.36. The van der Waals surface area contributed by atoms with E-state index in [-0.39, 0.29) is 5.75 Å². The van der Waals surface area contributed by atoms with Crippen molar-refractivity contribution in [3.05, 3.63) is 59.2 Å². The maximum atomic E-state index is 9.44. The number of aromatic hydroxyl groups is 1. The third kappa shape index (κ3) is 3.37. The molecule has 0 saturated heterocycles. The largest absolute Gasteiger partial charge is 0.508 e. The number of hydrogen-bond donors (Lipinski definition) is 2. The minimum absolute atomic E-state index is 0.231. The Balaban J connectivity index is 1.73. The zero-order valence-electron chi connectivity index (χ0n) is 12.3. The molecule has 110 valence electrons. The molecule has 3 nitrogen and oxygen atoms in total. The summed E-state index contributed by atoms with van der Waals surface area (Å²) < 4.78 is 5.75. The molecule has 0 fully saturated rings. The number of ether oxygens (including phenoxy) is 1. The van der Waals surface area contributed by atoms with Crippen LogP contribution in [0.5, 0.6) is 11.5 Å². The molecule has 2 aromatic carbocycles. The maximum absolute atomic E-state index is 9.44. The Morgan fingerprint density at radius 2 is 2.14 bits per heavy atom. The zero-order valence-corrected chi connectivity index (χ0v) is 12.3. The lowest BCUT2D eigenvalue weighted by atomic mass is 9.94. The smallest absolute Gasteiger partial charge is 0.123 e. The number of nitrogens with one attached hydrogen (secondary N) is 1. The first kappa shape index (κ1) is 14.0. The molecule has 3 rings (SSSR count). The van der Waals surface area contributed by atoms with Gasteiger partial charge in [0.05, 0.1) is 0 Å². The van der Waals surface area contributed by atoms with Gasteiger partial charge in [-0.1, -0.05) is 31.2 Å². The predicted octanol–water partition coefficient (Wildman–Crippen LogP) is 3.22. The number of benzene rings is 2. The highest BCUT2D eigenvalue weighted by Gasteiger charge is 2.14. The molecule has 0 radical (unpaired) electrons. The van der Waals surface area contributed by atoms with Gasteiger partial charge in [-0.15, -0.1) is 0 Å². The topological polar surface area (TPSA) is 41.5 Å². The Morgan fingerprint density at radius 1 is 1.24 bits per heavy atom. The first-order valence-electron chi connectivity index (χ1n) is 7.46. The summed E-state index contributed by atoms with van der Waals surface area (Å²) in [6.07, 6.45) is 1.07. The average Bonchev–Trinajstić information content (AvgIpc) is 2.67. The average molecular weight is 283 g/mol. The predicted molar refractivity (Wildman–Crippen MR) is 83.9 cm³/mol. The van der Waals surface area contributed by atoms with E-state index in [1.807, 2.05) is 6.07 Å². The molecule has 2 aromatic rings. The lowest BCUT2D eigenvalue weighted by Gasteiger charge is -2.14. The van der Waals surface area contributed by atoms with Crippen LogP contribution >= 0.6 is 0 Å². The molecule has 0 aliphatic carbocycles. The fourth-order valence-corrected chi connectivity index (χ4v) is 2.84. The van der Waals surface area contributed by atoms with Crippen LogP contribution in [0.1, 0.15) is 29.5 Å². The number of phenolic OH excluding ortho intramolecular Hbond substituents is 1. The SMILES string of the molecule is CC1CNCCc2cc(COc3cccc(O)c3)ccc21. The van der Waals surface area contributed by atoms with Crippen molar-refractivity contribution in [2.45, 2.75) is 25.9 Å². The van der Waals surface area contributed by atoms with E-state index in [9.17, 15) is 5.11 Å². The van der Waals surface area contributed by atoms with Gasteiger partial charge in [0, 0.05) is 12.6 Å². The standard InChI is InChI=1S/C18H21NO2/c1-13-11-19-8-7-15-9-14(5-6-18(13)15)12-21-17-4-2-3-16(20)10-17/h2-6,9-10,13,19-20H,7-8,11-12H2,1H3. The van der Waals surface area contributed by atoms with Crippen LogP contribution in [-0.4, -0.2) is 18.2 Å². The molecule has 0 bridgehead atoms. The summed E-state index contributed by atoms with van der Waals surface area (Å²) in [6, 6.07) is 13.5. The van der Waals surface area contributed by atoms with Crippen LogP contribution in [0.4, 0.5) is 0 Å². The van der Waals surface area contributed by atoms with E-state index < -0.39 is 0 Å². The highest BCUT2D eigenvalue weighted by Crippen LogP contribution is 2.24. The van der Waals surface area contributed by atoms with Gasteiger partial charge in [-0.05, 0) is 47.7 Å². The van der Waals surface area contributed by atoms with E-state index in [1.54, 1.807) is 18.2 Å². The molecule has 0 amide bonds. The molecular formula is C18H21NO2. The second-order valence-corrected chi connectivity index (χ2v) is 5.67. The molecule has 1 heterocycles.